The second-order valence-electron chi connectivity index (χ2n) is 5.62. The Morgan fingerprint density at radius 2 is 2.00 bits per heavy atom. The van der Waals surface area contributed by atoms with E-state index in [1.54, 1.807) is 12.1 Å². The van der Waals surface area contributed by atoms with Crippen molar-refractivity contribution in [2.75, 3.05) is 20.1 Å². The van der Waals surface area contributed by atoms with Gasteiger partial charge in [-0.25, -0.2) is 0 Å². The number of amides is 2. The lowest BCUT2D eigenvalue weighted by Crippen LogP contribution is -2.48. The molecule has 1 aromatic carbocycles. The van der Waals surface area contributed by atoms with E-state index in [-0.39, 0.29) is 18.4 Å². The van der Waals surface area contributed by atoms with Crippen LogP contribution in [-0.2, 0) is 11.3 Å². The Bertz CT molecular complexity index is 550. The molecule has 7 nitrogen and oxygen atoms in total. The van der Waals surface area contributed by atoms with Crippen LogP contribution in [-0.4, -0.2) is 60.0 Å². The number of nitrogens with one attached hydrogen (secondary N) is 2. The topological polar surface area (TPSA) is 102 Å². The Labute approximate surface area is 135 Å². The molecule has 0 aliphatic carbocycles. The SMILES string of the molecule is CNCc1ccc(C(=O)NCC(=O)N2CCC[C@H]2B(O)O)cc1. The van der Waals surface area contributed by atoms with Gasteiger partial charge in [0.25, 0.3) is 5.91 Å². The molecule has 1 aliphatic rings. The maximum absolute atomic E-state index is 12.1. The van der Waals surface area contributed by atoms with Gasteiger partial charge < -0.3 is 25.6 Å². The van der Waals surface area contributed by atoms with Gasteiger partial charge >= 0.3 is 7.12 Å². The minimum atomic E-state index is -1.54. The largest absolute Gasteiger partial charge is 0.475 e. The molecular weight excluding hydrogens is 297 g/mol. The van der Waals surface area contributed by atoms with E-state index in [1.807, 2.05) is 19.2 Å². The van der Waals surface area contributed by atoms with Gasteiger partial charge in [-0.2, -0.15) is 0 Å². The first-order valence-electron chi connectivity index (χ1n) is 7.70. The molecule has 0 spiro atoms. The number of benzene rings is 1. The Hall–Kier alpha value is -1.90. The predicted molar refractivity (Wildman–Crippen MR) is 86.5 cm³/mol. The fourth-order valence-corrected chi connectivity index (χ4v) is 2.75. The summed E-state index contributed by atoms with van der Waals surface area (Å²) in [5, 5.41) is 24.1. The zero-order chi connectivity index (χ0) is 16.8. The smallest absolute Gasteiger partial charge is 0.426 e. The van der Waals surface area contributed by atoms with Crippen LogP contribution < -0.4 is 10.6 Å². The second-order valence-corrected chi connectivity index (χ2v) is 5.62. The summed E-state index contributed by atoms with van der Waals surface area (Å²) in [6.07, 6.45) is 1.29. The van der Waals surface area contributed by atoms with E-state index in [0.717, 1.165) is 18.5 Å². The molecule has 1 heterocycles. The number of hydrogen-bond acceptors (Lipinski definition) is 5. The fourth-order valence-electron chi connectivity index (χ4n) is 2.75. The van der Waals surface area contributed by atoms with Gasteiger partial charge in [0.15, 0.2) is 0 Å². The summed E-state index contributed by atoms with van der Waals surface area (Å²) in [6, 6.07) is 7.13. The van der Waals surface area contributed by atoms with E-state index in [2.05, 4.69) is 10.6 Å². The maximum Gasteiger partial charge on any atom is 0.475 e. The van der Waals surface area contributed by atoms with Crippen LogP contribution in [0.25, 0.3) is 0 Å². The number of carbonyl (C=O) groups excluding carboxylic acids is 2. The number of likely N-dealkylation sites (tertiary alicyclic amines) is 1. The molecule has 0 bridgehead atoms. The molecule has 124 valence electrons. The number of nitrogens with zero attached hydrogens (tertiary/aromatic N) is 1. The Morgan fingerprint density at radius 3 is 2.61 bits per heavy atom. The third-order valence-corrected chi connectivity index (χ3v) is 3.96. The van der Waals surface area contributed by atoms with Gasteiger partial charge in [-0.1, -0.05) is 12.1 Å². The lowest BCUT2D eigenvalue weighted by atomic mass is 9.78. The predicted octanol–water partition coefficient (Wildman–Crippen LogP) is -0.861. The summed E-state index contributed by atoms with van der Waals surface area (Å²) < 4.78 is 0. The summed E-state index contributed by atoms with van der Waals surface area (Å²) in [4.78, 5) is 25.6. The number of hydrogen-bond donors (Lipinski definition) is 4. The van der Waals surface area contributed by atoms with E-state index < -0.39 is 13.1 Å². The molecule has 2 amide bonds. The van der Waals surface area contributed by atoms with Crippen molar-refractivity contribution in [2.45, 2.75) is 25.3 Å². The Balaban J connectivity index is 1.87. The molecule has 23 heavy (non-hydrogen) atoms. The van der Waals surface area contributed by atoms with Crippen LogP contribution in [0.2, 0.25) is 0 Å². The summed E-state index contributed by atoms with van der Waals surface area (Å²) in [5.41, 5.74) is 1.55. The summed E-state index contributed by atoms with van der Waals surface area (Å²) in [7, 11) is 0.304. The van der Waals surface area contributed by atoms with Crippen LogP contribution in [0.3, 0.4) is 0 Å². The summed E-state index contributed by atoms with van der Waals surface area (Å²) in [6.45, 7) is 1.05. The molecule has 1 fully saturated rings. The summed E-state index contributed by atoms with van der Waals surface area (Å²) >= 11 is 0. The van der Waals surface area contributed by atoms with Crippen molar-refractivity contribution in [3.63, 3.8) is 0 Å². The van der Waals surface area contributed by atoms with Gasteiger partial charge in [0.05, 0.1) is 12.5 Å². The molecule has 0 aromatic heterocycles. The highest BCUT2D eigenvalue weighted by molar-refractivity contribution is 6.43. The van der Waals surface area contributed by atoms with Gasteiger partial charge in [0.1, 0.15) is 0 Å². The molecule has 4 N–H and O–H groups in total. The van der Waals surface area contributed by atoms with Gasteiger partial charge in [-0.3, -0.25) is 9.59 Å². The highest BCUT2D eigenvalue weighted by atomic mass is 16.4. The van der Waals surface area contributed by atoms with Gasteiger partial charge in [-0.05, 0) is 37.6 Å². The Kier molecular flexibility index (Phi) is 6.15. The molecule has 0 saturated carbocycles. The minimum absolute atomic E-state index is 0.152. The van der Waals surface area contributed by atoms with Gasteiger partial charge in [-0.15, -0.1) is 0 Å². The maximum atomic E-state index is 12.1. The van der Waals surface area contributed by atoms with E-state index in [4.69, 9.17) is 0 Å². The zero-order valence-electron chi connectivity index (χ0n) is 13.2. The summed E-state index contributed by atoms with van der Waals surface area (Å²) in [5.74, 6) is -1.21. The van der Waals surface area contributed by atoms with Crippen molar-refractivity contribution in [3.8, 4) is 0 Å². The normalized spacial score (nSPS) is 17.2. The molecule has 1 aromatic rings. The van der Waals surface area contributed by atoms with Crippen molar-refractivity contribution in [1.29, 1.82) is 0 Å². The third-order valence-electron chi connectivity index (χ3n) is 3.96. The molecule has 1 atom stereocenters. The Morgan fingerprint density at radius 1 is 1.30 bits per heavy atom. The molecule has 1 saturated heterocycles. The van der Waals surface area contributed by atoms with Crippen molar-refractivity contribution >= 4 is 18.9 Å². The van der Waals surface area contributed by atoms with Crippen molar-refractivity contribution in [2.24, 2.45) is 0 Å². The lowest BCUT2D eigenvalue weighted by Gasteiger charge is -2.24. The average molecular weight is 319 g/mol. The zero-order valence-corrected chi connectivity index (χ0v) is 13.2. The van der Waals surface area contributed by atoms with Crippen LogP contribution in [0.1, 0.15) is 28.8 Å². The monoisotopic (exact) mass is 319 g/mol. The van der Waals surface area contributed by atoms with E-state index >= 15 is 0 Å². The van der Waals surface area contributed by atoms with Gasteiger partial charge in [0, 0.05) is 18.7 Å². The first-order chi connectivity index (χ1) is 11.0. The van der Waals surface area contributed by atoms with E-state index in [9.17, 15) is 19.6 Å². The van der Waals surface area contributed by atoms with Crippen LogP contribution in [0.4, 0.5) is 0 Å². The first-order valence-corrected chi connectivity index (χ1v) is 7.70. The third kappa shape index (κ3) is 4.54. The van der Waals surface area contributed by atoms with Crippen LogP contribution >= 0.6 is 0 Å². The molecular formula is C15H22BN3O4. The minimum Gasteiger partial charge on any atom is -0.426 e. The molecule has 0 unspecified atom stereocenters. The van der Waals surface area contributed by atoms with Crippen LogP contribution in [0.15, 0.2) is 24.3 Å². The molecule has 8 heteroatoms. The number of carbonyl (C=O) groups is 2. The molecule has 1 aliphatic heterocycles. The van der Waals surface area contributed by atoms with Crippen molar-refractivity contribution in [1.82, 2.24) is 15.5 Å². The van der Waals surface area contributed by atoms with E-state index in [0.29, 0.717) is 18.5 Å². The first kappa shape index (κ1) is 17.5. The standard InChI is InChI=1S/C15H22BN3O4/c1-17-9-11-4-6-12(7-5-11)15(21)18-10-14(20)19-8-2-3-13(19)16(22)23/h4-7,13,17,22-23H,2-3,8-10H2,1H3,(H,18,21)/t13-/m0/s1. The lowest BCUT2D eigenvalue weighted by molar-refractivity contribution is -0.130. The molecule has 2 rings (SSSR count). The quantitative estimate of drug-likeness (QED) is 0.511. The van der Waals surface area contributed by atoms with Gasteiger partial charge in [0.2, 0.25) is 5.91 Å². The highest BCUT2D eigenvalue weighted by Gasteiger charge is 2.36. The van der Waals surface area contributed by atoms with Crippen LogP contribution in [0.5, 0.6) is 0 Å². The molecule has 0 radical (unpaired) electrons. The van der Waals surface area contributed by atoms with Crippen LogP contribution in [0, 0.1) is 0 Å². The van der Waals surface area contributed by atoms with Crippen molar-refractivity contribution < 1.29 is 19.6 Å². The highest BCUT2D eigenvalue weighted by Crippen LogP contribution is 2.17. The van der Waals surface area contributed by atoms with Crippen molar-refractivity contribution in [3.05, 3.63) is 35.4 Å². The fraction of sp³-hybridized carbons (Fsp3) is 0.467. The number of rotatable bonds is 6. The average Bonchev–Trinajstić information content (AvgIpc) is 3.03. The van der Waals surface area contributed by atoms with E-state index in [1.165, 1.54) is 4.90 Å². The second kappa shape index (κ2) is 8.10.